The number of nitrogens with two attached hydrogens (primary N) is 1. The highest BCUT2D eigenvalue weighted by Crippen LogP contribution is 2.06. The molecule has 0 aliphatic carbocycles. The largest absolute Gasteiger partial charge is 0.478 e. The van der Waals surface area contributed by atoms with E-state index in [-0.39, 0.29) is 5.91 Å². The number of hydrogen-bond acceptors (Lipinski definition) is 4. The average Bonchev–Trinajstić information content (AvgIpc) is 2.18. The van der Waals surface area contributed by atoms with Gasteiger partial charge in [-0.3, -0.25) is 10.2 Å². The third-order valence-electron chi connectivity index (χ3n) is 1.42. The van der Waals surface area contributed by atoms with Crippen molar-refractivity contribution in [2.24, 2.45) is 5.84 Å². The molecule has 70 valence electrons. The van der Waals surface area contributed by atoms with E-state index in [0.29, 0.717) is 18.1 Å². The molecule has 0 atom stereocenters. The zero-order chi connectivity index (χ0) is 9.68. The molecule has 0 radical (unpaired) electrons. The van der Waals surface area contributed by atoms with E-state index in [0.717, 1.165) is 0 Å². The van der Waals surface area contributed by atoms with E-state index in [1.54, 1.807) is 12.1 Å². The van der Waals surface area contributed by atoms with Crippen molar-refractivity contribution in [2.75, 3.05) is 6.61 Å². The van der Waals surface area contributed by atoms with Crippen LogP contribution in [0.5, 0.6) is 5.88 Å². The molecule has 0 aromatic carbocycles. The van der Waals surface area contributed by atoms with Crippen LogP contribution in [0.2, 0.25) is 0 Å². The van der Waals surface area contributed by atoms with Gasteiger partial charge in [0.1, 0.15) is 0 Å². The van der Waals surface area contributed by atoms with Gasteiger partial charge in [-0.2, -0.15) is 0 Å². The van der Waals surface area contributed by atoms with Gasteiger partial charge in [-0.15, -0.1) is 0 Å². The summed E-state index contributed by atoms with van der Waals surface area (Å²) in [4.78, 5) is 14.9. The first-order chi connectivity index (χ1) is 6.27. The van der Waals surface area contributed by atoms with E-state index in [1.807, 2.05) is 12.3 Å². The summed E-state index contributed by atoms with van der Waals surface area (Å²) in [6.07, 6.45) is 1.41. The third-order valence-corrected chi connectivity index (χ3v) is 1.42. The van der Waals surface area contributed by atoms with E-state index in [9.17, 15) is 4.79 Å². The highest BCUT2D eigenvalue weighted by atomic mass is 16.5. The van der Waals surface area contributed by atoms with Crippen molar-refractivity contribution < 1.29 is 9.53 Å². The quantitative estimate of drug-likeness (QED) is 0.393. The minimum Gasteiger partial charge on any atom is -0.478 e. The molecule has 5 heteroatoms. The van der Waals surface area contributed by atoms with Gasteiger partial charge >= 0.3 is 0 Å². The number of aromatic nitrogens is 1. The Morgan fingerprint density at radius 1 is 1.69 bits per heavy atom. The van der Waals surface area contributed by atoms with Crippen LogP contribution in [0, 0.1) is 0 Å². The summed E-state index contributed by atoms with van der Waals surface area (Å²) in [5.74, 6) is 5.07. The fraction of sp³-hybridized carbons (Fsp3) is 0.250. The van der Waals surface area contributed by atoms with Gasteiger partial charge < -0.3 is 4.74 Å². The molecular weight excluding hydrogens is 170 g/mol. The highest BCUT2D eigenvalue weighted by Gasteiger charge is 2.03. The van der Waals surface area contributed by atoms with Crippen molar-refractivity contribution in [2.45, 2.75) is 6.92 Å². The zero-order valence-electron chi connectivity index (χ0n) is 7.28. The van der Waals surface area contributed by atoms with Gasteiger partial charge in [-0.05, 0) is 13.0 Å². The van der Waals surface area contributed by atoms with E-state index in [1.165, 1.54) is 6.20 Å². The van der Waals surface area contributed by atoms with Crippen LogP contribution in [-0.4, -0.2) is 17.5 Å². The number of carbonyl (C=O) groups excluding carboxylic acids is 1. The predicted molar refractivity (Wildman–Crippen MR) is 47.1 cm³/mol. The Labute approximate surface area is 75.9 Å². The first-order valence-corrected chi connectivity index (χ1v) is 3.87. The van der Waals surface area contributed by atoms with Crippen molar-refractivity contribution >= 4 is 5.91 Å². The Morgan fingerprint density at radius 2 is 2.46 bits per heavy atom. The minimum atomic E-state index is -0.365. The molecule has 0 bridgehead atoms. The smallest absolute Gasteiger partial charge is 0.266 e. The first kappa shape index (κ1) is 9.47. The number of amides is 1. The highest BCUT2D eigenvalue weighted by molar-refractivity contribution is 5.93. The normalized spacial score (nSPS) is 9.38. The van der Waals surface area contributed by atoms with Gasteiger partial charge in [0.25, 0.3) is 5.91 Å². The topological polar surface area (TPSA) is 77.2 Å². The zero-order valence-corrected chi connectivity index (χ0v) is 7.28. The lowest BCUT2D eigenvalue weighted by Gasteiger charge is -2.02. The van der Waals surface area contributed by atoms with Gasteiger partial charge in [0.05, 0.1) is 12.2 Å². The summed E-state index contributed by atoms with van der Waals surface area (Å²) in [6, 6.07) is 3.22. The number of hydrogen-bond donors (Lipinski definition) is 2. The summed E-state index contributed by atoms with van der Waals surface area (Å²) in [6.45, 7) is 2.41. The third kappa shape index (κ3) is 2.41. The van der Waals surface area contributed by atoms with Crippen molar-refractivity contribution in [1.82, 2.24) is 10.4 Å². The summed E-state index contributed by atoms with van der Waals surface area (Å²) in [5, 5.41) is 0. The number of nitrogens with zero attached hydrogens (tertiary/aromatic N) is 1. The molecule has 5 nitrogen and oxygen atoms in total. The molecule has 0 unspecified atom stereocenters. The average molecular weight is 181 g/mol. The second-order valence-corrected chi connectivity index (χ2v) is 2.29. The summed E-state index contributed by atoms with van der Waals surface area (Å²) in [7, 11) is 0. The number of nitrogens with one attached hydrogen (secondary N) is 1. The van der Waals surface area contributed by atoms with Crippen LogP contribution in [0.4, 0.5) is 0 Å². The second-order valence-electron chi connectivity index (χ2n) is 2.29. The minimum absolute atomic E-state index is 0.365. The molecule has 1 rings (SSSR count). The molecule has 0 fully saturated rings. The predicted octanol–water partition coefficient (Wildman–Crippen LogP) is 0.0838. The number of pyridine rings is 1. The Bertz CT molecular complexity index is 284. The van der Waals surface area contributed by atoms with Crippen molar-refractivity contribution in [3.63, 3.8) is 0 Å². The van der Waals surface area contributed by atoms with Crippen LogP contribution >= 0.6 is 0 Å². The fourth-order valence-electron chi connectivity index (χ4n) is 0.831. The van der Waals surface area contributed by atoms with E-state index >= 15 is 0 Å². The van der Waals surface area contributed by atoms with Crippen molar-refractivity contribution in [3.8, 4) is 5.88 Å². The molecule has 1 aromatic rings. The summed E-state index contributed by atoms with van der Waals surface area (Å²) in [5.41, 5.74) is 2.42. The van der Waals surface area contributed by atoms with Gasteiger partial charge in [-0.25, -0.2) is 10.8 Å². The monoisotopic (exact) mass is 181 g/mol. The van der Waals surface area contributed by atoms with Crippen LogP contribution in [0.15, 0.2) is 18.3 Å². The van der Waals surface area contributed by atoms with E-state index < -0.39 is 0 Å². The Kier molecular flexibility index (Phi) is 3.22. The molecule has 0 aliphatic heterocycles. The molecule has 13 heavy (non-hydrogen) atoms. The second kappa shape index (κ2) is 4.42. The lowest BCUT2D eigenvalue weighted by atomic mass is 10.3. The lowest BCUT2D eigenvalue weighted by molar-refractivity contribution is 0.0953. The molecular formula is C8H11N3O2. The summed E-state index contributed by atoms with van der Waals surface area (Å²) < 4.78 is 5.10. The lowest BCUT2D eigenvalue weighted by Crippen LogP contribution is -2.29. The fourth-order valence-corrected chi connectivity index (χ4v) is 0.831. The maximum Gasteiger partial charge on any atom is 0.266 e. The Hall–Kier alpha value is -1.62. The molecule has 1 heterocycles. The Morgan fingerprint density at radius 3 is 2.92 bits per heavy atom. The molecule has 1 amide bonds. The van der Waals surface area contributed by atoms with Crippen molar-refractivity contribution in [1.29, 1.82) is 0 Å². The Balaban J connectivity index is 2.75. The van der Waals surface area contributed by atoms with Gasteiger partial charge in [-0.1, -0.05) is 0 Å². The number of ether oxygens (including phenoxy) is 1. The van der Waals surface area contributed by atoms with E-state index in [4.69, 9.17) is 10.6 Å². The molecule has 0 aliphatic rings. The first-order valence-electron chi connectivity index (χ1n) is 3.87. The number of rotatable bonds is 3. The summed E-state index contributed by atoms with van der Waals surface area (Å²) >= 11 is 0. The van der Waals surface area contributed by atoms with Gasteiger partial charge in [0, 0.05) is 12.3 Å². The number of hydrazine groups is 1. The SMILES string of the molecule is CCOc1ccc(C(=O)NN)cn1. The number of nitrogen functional groups attached to an aromatic ring is 1. The number of carbonyl (C=O) groups is 1. The van der Waals surface area contributed by atoms with Crippen LogP contribution in [0.3, 0.4) is 0 Å². The van der Waals surface area contributed by atoms with Crippen LogP contribution in [-0.2, 0) is 0 Å². The van der Waals surface area contributed by atoms with Crippen LogP contribution in [0.1, 0.15) is 17.3 Å². The van der Waals surface area contributed by atoms with Crippen LogP contribution in [0.25, 0.3) is 0 Å². The van der Waals surface area contributed by atoms with Crippen molar-refractivity contribution in [3.05, 3.63) is 23.9 Å². The standard InChI is InChI=1S/C8H11N3O2/c1-2-13-7-4-3-6(5-10-7)8(12)11-9/h3-5H,2,9H2,1H3,(H,11,12). The molecule has 0 saturated heterocycles. The molecule has 3 N–H and O–H groups in total. The van der Waals surface area contributed by atoms with E-state index in [2.05, 4.69) is 4.98 Å². The van der Waals surface area contributed by atoms with Gasteiger partial charge in [0.2, 0.25) is 5.88 Å². The molecule has 0 spiro atoms. The molecule has 0 saturated carbocycles. The molecule has 1 aromatic heterocycles. The maximum absolute atomic E-state index is 11.0. The van der Waals surface area contributed by atoms with Crippen LogP contribution < -0.4 is 16.0 Å². The maximum atomic E-state index is 11.0. The van der Waals surface area contributed by atoms with Gasteiger partial charge in [0.15, 0.2) is 0 Å².